The molecule has 1 N–H and O–H groups in total. The molecule has 0 aliphatic carbocycles. The smallest absolute Gasteiger partial charge is 0.118 e. The number of ether oxygens (including phenoxy) is 1. The van der Waals surface area contributed by atoms with Gasteiger partial charge in [-0.25, -0.2) is 0 Å². The first-order valence-corrected chi connectivity index (χ1v) is 7.31. The number of methoxy groups -OCH3 is 1. The molecule has 0 spiro atoms. The molecule has 1 atom stereocenters. The van der Waals surface area contributed by atoms with Crippen LogP contribution in [0.25, 0.3) is 0 Å². The largest absolute Gasteiger partial charge is 0.497 e. The Balaban J connectivity index is 1.87. The van der Waals surface area contributed by atoms with Gasteiger partial charge in [0.05, 0.1) is 13.2 Å². The second kappa shape index (κ2) is 7.07. The molecule has 1 saturated heterocycles. The van der Waals surface area contributed by atoms with Gasteiger partial charge >= 0.3 is 0 Å². The molecule has 1 heterocycles. The van der Waals surface area contributed by atoms with E-state index >= 15 is 0 Å². The van der Waals surface area contributed by atoms with Gasteiger partial charge in [-0.3, -0.25) is 0 Å². The Morgan fingerprint density at radius 1 is 1.30 bits per heavy atom. The number of piperidine rings is 1. The minimum absolute atomic E-state index is 0.439. The van der Waals surface area contributed by atoms with Gasteiger partial charge in [-0.15, -0.1) is 0 Å². The average Bonchev–Trinajstić information content (AvgIpc) is 2.48. The van der Waals surface area contributed by atoms with Gasteiger partial charge in [0, 0.05) is 12.6 Å². The van der Waals surface area contributed by atoms with Gasteiger partial charge < -0.3 is 19.6 Å². The van der Waals surface area contributed by atoms with Crippen LogP contribution in [0.3, 0.4) is 0 Å². The lowest BCUT2D eigenvalue weighted by molar-refractivity contribution is 0.0788. The van der Waals surface area contributed by atoms with E-state index in [1.54, 1.807) is 7.11 Å². The maximum absolute atomic E-state index is 10.3. The molecule has 20 heavy (non-hydrogen) atoms. The van der Waals surface area contributed by atoms with E-state index < -0.39 is 6.10 Å². The van der Waals surface area contributed by atoms with Crippen molar-refractivity contribution < 1.29 is 9.84 Å². The predicted molar refractivity (Wildman–Crippen MR) is 81.1 cm³/mol. The van der Waals surface area contributed by atoms with Gasteiger partial charge in [0.15, 0.2) is 0 Å². The molecule has 2 rings (SSSR count). The zero-order valence-electron chi connectivity index (χ0n) is 12.7. The van der Waals surface area contributed by atoms with Gasteiger partial charge in [0.2, 0.25) is 0 Å². The maximum atomic E-state index is 10.3. The molecular formula is C16H26N2O2. The van der Waals surface area contributed by atoms with Crippen molar-refractivity contribution in [2.45, 2.75) is 25.0 Å². The van der Waals surface area contributed by atoms with Crippen LogP contribution in [0.1, 0.15) is 24.5 Å². The van der Waals surface area contributed by atoms with Crippen LogP contribution in [0, 0.1) is 0 Å². The summed E-state index contributed by atoms with van der Waals surface area (Å²) in [5.41, 5.74) is 0.950. The van der Waals surface area contributed by atoms with E-state index in [2.05, 4.69) is 23.9 Å². The van der Waals surface area contributed by atoms with E-state index in [0.29, 0.717) is 12.6 Å². The summed E-state index contributed by atoms with van der Waals surface area (Å²) < 4.78 is 5.14. The number of rotatable bonds is 5. The van der Waals surface area contributed by atoms with Crippen molar-refractivity contribution in [1.82, 2.24) is 9.80 Å². The molecule has 0 aromatic heterocycles. The summed E-state index contributed by atoms with van der Waals surface area (Å²) in [5, 5.41) is 10.3. The van der Waals surface area contributed by atoms with E-state index in [1.165, 1.54) is 12.8 Å². The summed E-state index contributed by atoms with van der Waals surface area (Å²) in [5.74, 6) is 0.824. The van der Waals surface area contributed by atoms with Crippen LogP contribution in [-0.4, -0.2) is 61.8 Å². The van der Waals surface area contributed by atoms with Crippen LogP contribution >= 0.6 is 0 Å². The highest BCUT2D eigenvalue weighted by Gasteiger charge is 2.22. The third-order valence-electron chi connectivity index (χ3n) is 4.27. The Kier molecular flexibility index (Phi) is 5.40. The lowest BCUT2D eigenvalue weighted by Crippen LogP contribution is -2.43. The third-order valence-corrected chi connectivity index (χ3v) is 4.27. The summed E-state index contributed by atoms with van der Waals surface area (Å²) in [7, 11) is 5.93. The van der Waals surface area contributed by atoms with Gasteiger partial charge in [0.25, 0.3) is 0 Å². The standard InChI is InChI=1S/C16H26N2O2/c1-17-10-8-14(9-11-17)18(2)12-16(19)13-4-6-15(20-3)7-5-13/h4-7,14,16,19H,8-12H2,1-3H3. The molecule has 112 valence electrons. The first-order chi connectivity index (χ1) is 9.60. The highest BCUT2D eigenvalue weighted by atomic mass is 16.5. The molecule has 0 radical (unpaired) electrons. The predicted octanol–water partition coefficient (Wildman–Crippen LogP) is 1.75. The summed E-state index contributed by atoms with van der Waals surface area (Å²) in [4.78, 5) is 4.66. The second-order valence-corrected chi connectivity index (χ2v) is 5.76. The third kappa shape index (κ3) is 3.95. The molecule has 0 bridgehead atoms. The van der Waals surface area contributed by atoms with E-state index in [-0.39, 0.29) is 0 Å². The van der Waals surface area contributed by atoms with Crippen molar-refractivity contribution in [1.29, 1.82) is 0 Å². The van der Waals surface area contributed by atoms with Crippen molar-refractivity contribution >= 4 is 0 Å². The number of aliphatic hydroxyl groups excluding tert-OH is 1. The summed E-state index contributed by atoms with van der Waals surface area (Å²) in [6.45, 7) is 2.97. The van der Waals surface area contributed by atoms with E-state index in [4.69, 9.17) is 4.74 Å². The van der Waals surface area contributed by atoms with Gasteiger partial charge in [-0.05, 0) is 57.7 Å². The van der Waals surface area contributed by atoms with Crippen LogP contribution in [0.4, 0.5) is 0 Å². The number of hydrogen-bond acceptors (Lipinski definition) is 4. The van der Waals surface area contributed by atoms with Crippen molar-refractivity contribution in [2.24, 2.45) is 0 Å². The van der Waals surface area contributed by atoms with Crippen molar-refractivity contribution in [2.75, 3.05) is 40.8 Å². The van der Waals surface area contributed by atoms with Crippen LogP contribution in [0.15, 0.2) is 24.3 Å². The number of aliphatic hydroxyl groups is 1. The average molecular weight is 278 g/mol. The molecular weight excluding hydrogens is 252 g/mol. The first-order valence-electron chi connectivity index (χ1n) is 7.31. The van der Waals surface area contributed by atoms with Crippen molar-refractivity contribution in [3.8, 4) is 5.75 Å². The van der Waals surface area contributed by atoms with Gasteiger partial charge in [-0.1, -0.05) is 12.1 Å². The minimum Gasteiger partial charge on any atom is -0.497 e. The van der Waals surface area contributed by atoms with E-state index in [1.807, 2.05) is 24.3 Å². The normalized spacial score (nSPS) is 19.2. The SMILES string of the molecule is COc1ccc(C(O)CN(C)C2CCN(C)CC2)cc1. The van der Waals surface area contributed by atoms with Crippen molar-refractivity contribution in [3.63, 3.8) is 0 Å². The summed E-state index contributed by atoms with van der Waals surface area (Å²) in [6, 6.07) is 8.25. The minimum atomic E-state index is -0.439. The molecule has 1 fully saturated rings. The van der Waals surface area contributed by atoms with Crippen LogP contribution in [0.2, 0.25) is 0 Å². The van der Waals surface area contributed by atoms with Crippen LogP contribution in [-0.2, 0) is 0 Å². The van der Waals surface area contributed by atoms with E-state index in [9.17, 15) is 5.11 Å². The summed E-state index contributed by atoms with van der Waals surface area (Å²) >= 11 is 0. The van der Waals surface area contributed by atoms with Gasteiger partial charge in [-0.2, -0.15) is 0 Å². The Morgan fingerprint density at radius 2 is 1.90 bits per heavy atom. The maximum Gasteiger partial charge on any atom is 0.118 e. The molecule has 1 unspecified atom stereocenters. The molecule has 1 aromatic carbocycles. The highest BCUT2D eigenvalue weighted by Crippen LogP contribution is 2.21. The lowest BCUT2D eigenvalue weighted by Gasteiger charge is -2.36. The Labute approximate surface area is 122 Å². The number of benzene rings is 1. The molecule has 1 aliphatic heterocycles. The molecule has 4 nitrogen and oxygen atoms in total. The number of likely N-dealkylation sites (tertiary alicyclic amines) is 1. The molecule has 0 saturated carbocycles. The van der Waals surface area contributed by atoms with E-state index in [0.717, 1.165) is 24.4 Å². The van der Waals surface area contributed by atoms with Crippen LogP contribution < -0.4 is 4.74 Å². The fourth-order valence-corrected chi connectivity index (χ4v) is 2.79. The zero-order chi connectivity index (χ0) is 14.5. The Bertz CT molecular complexity index is 399. The van der Waals surface area contributed by atoms with Gasteiger partial charge in [0.1, 0.15) is 5.75 Å². The lowest BCUT2D eigenvalue weighted by atomic mass is 10.0. The fraction of sp³-hybridized carbons (Fsp3) is 0.625. The Morgan fingerprint density at radius 3 is 2.45 bits per heavy atom. The fourth-order valence-electron chi connectivity index (χ4n) is 2.79. The summed E-state index contributed by atoms with van der Waals surface area (Å²) in [6.07, 6.45) is 1.93. The zero-order valence-corrected chi connectivity index (χ0v) is 12.7. The number of hydrogen-bond donors (Lipinski definition) is 1. The van der Waals surface area contributed by atoms with Crippen molar-refractivity contribution in [3.05, 3.63) is 29.8 Å². The molecule has 1 aromatic rings. The quantitative estimate of drug-likeness (QED) is 0.890. The highest BCUT2D eigenvalue weighted by molar-refractivity contribution is 5.28. The molecule has 0 amide bonds. The monoisotopic (exact) mass is 278 g/mol. The first kappa shape index (κ1) is 15.3. The second-order valence-electron chi connectivity index (χ2n) is 5.76. The van der Waals surface area contributed by atoms with Crippen LogP contribution in [0.5, 0.6) is 5.75 Å². The molecule has 1 aliphatic rings. The molecule has 4 heteroatoms. The number of nitrogens with zero attached hydrogens (tertiary/aromatic N) is 2. The Hall–Kier alpha value is -1.10. The topological polar surface area (TPSA) is 35.9 Å². The number of likely N-dealkylation sites (N-methyl/N-ethyl adjacent to an activating group) is 1.